The molecule has 0 N–H and O–H groups in total. The number of oxazole rings is 1. The van der Waals surface area contributed by atoms with Gasteiger partial charge in [-0.2, -0.15) is 0 Å². The molecule has 1 rings (SSSR count). The van der Waals surface area contributed by atoms with Crippen molar-refractivity contribution in [2.45, 2.75) is 33.4 Å². The molecule has 0 amide bonds. The molecule has 16 heavy (non-hydrogen) atoms. The van der Waals surface area contributed by atoms with Crippen molar-refractivity contribution in [2.24, 2.45) is 0 Å². The van der Waals surface area contributed by atoms with Crippen LogP contribution in [0.5, 0.6) is 0 Å². The third kappa shape index (κ3) is 3.74. The predicted octanol–water partition coefficient (Wildman–Crippen LogP) is 3.00. The summed E-state index contributed by atoms with van der Waals surface area (Å²) in [4.78, 5) is 4.18. The smallest absolute Gasteiger partial charge is 0.336 e. The highest BCUT2D eigenvalue weighted by Crippen LogP contribution is 2.50. The summed E-state index contributed by atoms with van der Waals surface area (Å²) in [5, 5.41) is 0. The van der Waals surface area contributed by atoms with E-state index in [1.807, 2.05) is 6.92 Å². The lowest BCUT2D eigenvalue weighted by Gasteiger charge is -2.15. The second kappa shape index (κ2) is 6.18. The maximum absolute atomic E-state index is 12.2. The zero-order chi connectivity index (χ0) is 12.0. The number of aromatic nitrogens is 1. The first kappa shape index (κ1) is 13.4. The molecule has 0 aromatic carbocycles. The van der Waals surface area contributed by atoms with Crippen molar-refractivity contribution in [1.29, 1.82) is 0 Å². The summed E-state index contributed by atoms with van der Waals surface area (Å²) >= 11 is 0. The van der Waals surface area contributed by atoms with Gasteiger partial charge in [-0.1, -0.05) is 6.92 Å². The first-order valence-electron chi connectivity index (χ1n) is 5.45. The first-order valence-corrected chi connectivity index (χ1v) is 7.17. The van der Waals surface area contributed by atoms with E-state index in [9.17, 15) is 4.57 Å². The molecule has 92 valence electrons. The molecule has 0 fully saturated rings. The minimum atomic E-state index is -3.06. The fourth-order valence-electron chi connectivity index (χ4n) is 1.30. The van der Waals surface area contributed by atoms with Gasteiger partial charge in [-0.15, -0.1) is 0 Å². The second-order valence-electron chi connectivity index (χ2n) is 3.19. The molecule has 1 aromatic heterocycles. The highest BCUT2D eigenvalue weighted by molar-refractivity contribution is 7.53. The van der Waals surface area contributed by atoms with Gasteiger partial charge in [-0.05, 0) is 13.8 Å². The van der Waals surface area contributed by atoms with E-state index in [1.165, 1.54) is 6.26 Å². The largest absolute Gasteiger partial charge is 0.449 e. The Labute approximate surface area is 95.7 Å². The van der Waals surface area contributed by atoms with Crippen LogP contribution in [0.1, 0.15) is 32.4 Å². The summed E-state index contributed by atoms with van der Waals surface area (Å²) in [6.45, 7) is 6.23. The van der Waals surface area contributed by atoms with Crippen LogP contribution in [-0.2, 0) is 26.2 Å². The van der Waals surface area contributed by atoms with Gasteiger partial charge in [0.1, 0.15) is 6.26 Å². The van der Waals surface area contributed by atoms with E-state index >= 15 is 0 Å². The molecular formula is C10H18NO4P. The van der Waals surface area contributed by atoms with Crippen molar-refractivity contribution in [1.82, 2.24) is 4.98 Å². The Bertz CT molecular complexity index is 353. The molecular weight excluding hydrogens is 229 g/mol. The minimum Gasteiger partial charge on any atom is -0.449 e. The van der Waals surface area contributed by atoms with Gasteiger partial charge in [0.25, 0.3) is 0 Å². The van der Waals surface area contributed by atoms with Gasteiger partial charge in [0.05, 0.1) is 25.1 Å². The van der Waals surface area contributed by atoms with Gasteiger partial charge < -0.3 is 13.5 Å². The van der Waals surface area contributed by atoms with Crippen molar-refractivity contribution in [2.75, 3.05) is 13.2 Å². The molecule has 0 bridgehead atoms. The van der Waals surface area contributed by atoms with Crippen LogP contribution in [0.3, 0.4) is 0 Å². The summed E-state index contributed by atoms with van der Waals surface area (Å²) in [5.74, 6) is 0.634. The van der Waals surface area contributed by atoms with Crippen LogP contribution < -0.4 is 0 Å². The standard InChI is InChI=1S/C10H18NO4P/c1-4-10-11-9(7-13-10)8-16(12,14-5-2)15-6-3/h7H,4-6,8H2,1-3H3. The molecule has 0 aliphatic heterocycles. The Hall–Kier alpha value is -0.640. The molecule has 6 heteroatoms. The lowest BCUT2D eigenvalue weighted by molar-refractivity contribution is 0.219. The average molecular weight is 247 g/mol. The first-order chi connectivity index (χ1) is 7.63. The molecule has 5 nitrogen and oxygen atoms in total. The van der Waals surface area contributed by atoms with E-state index in [0.29, 0.717) is 31.2 Å². The summed E-state index contributed by atoms with van der Waals surface area (Å²) in [6.07, 6.45) is 2.38. The third-order valence-corrected chi connectivity index (χ3v) is 3.92. The van der Waals surface area contributed by atoms with Gasteiger partial charge in [0, 0.05) is 6.42 Å². The fourth-order valence-corrected chi connectivity index (χ4v) is 2.89. The van der Waals surface area contributed by atoms with Crippen LogP contribution in [0.25, 0.3) is 0 Å². The highest BCUT2D eigenvalue weighted by Gasteiger charge is 2.25. The molecule has 0 aliphatic carbocycles. The summed E-state index contributed by atoms with van der Waals surface area (Å²) in [6, 6.07) is 0. The second-order valence-corrected chi connectivity index (χ2v) is 5.25. The molecule has 0 unspecified atom stereocenters. The fraction of sp³-hybridized carbons (Fsp3) is 0.700. The van der Waals surface area contributed by atoms with Crippen LogP contribution >= 0.6 is 7.60 Å². The van der Waals surface area contributed by atoms with Gasteiger partial charge in [-0.25, -0.2) is 4.98 Å². The van der Waals surface area contributed by atoms with Gasteiger partial charge in [0.15, 0.2) is 5.89 Å². The molecule has 0 spiro atoms. The predicted molar refractivity (Wildman–Crippen MR) is 60.4 cm³/mol. The van der Waals surface area contributed by atoms with Crippen molar-refractivity contribution >= 4 is 7.60 Å². The summed E-state index contributed by atoms with van der Waals surface area (Å²) < 4.78 is 27.7. The monoisotopic (exact) mass is 247 g/mol. The quantitative estimate of drug-likeness (QED) is 0.693. The van der Waals surface area contributed by atoms with Crippen LogP contribution in [0.15, 0.2) is 10.7 Å². The Morgan fingerprint density at radius 2 is 1.94 bits per heavy atom. The normalized spacial score (nSPS) is 11.9. The summed E-state index contributed by atoms with van der Waals surface area (Å²) in [7, 11) is -3.06. The molecule has 0 aliphatic rings. The zero-order valence-electron chi connectivity index (χ0n) is 9.93. The van der Waals surface area contributed by atoms with Crippen molar-refractivity contribution < 1.29 is 18.0 Å². The van der Waals surface area contributed by atoms with Gasteiger partial charge >= 0.3 is 7.60 Å². The molecule has 0 saturated heterocycles. The van der Waals surface area contributed by atoms with Crippen LogP contribution in [-0.4, -0.2) is 18.2 Å². The third-order valence-electron chi connectivity index (χ3n) is 1.91. The Kier molecular flexibility index (Phi) is 5.19. The highest BCUT2D eigenvalue weighted by atomic mass is 31.2. The van der Waals surface area contributed by atoms with E-state index in [2.05, 4.69) is 4.98 Å². The number of hydrogen-bond acceptors (Lipinski definition) is 5. The van der Waals surface area contributed by atoms with Crippen molar-refractivity contribution in [3.05, 3.63) is 17.8 Å². The Balaban J connectivity index is 2.71. The Morgan fingerprint density at radius 3 is 2.38 bits per heavy atom. The lowest BCUT2D eigenvalue weighted by atomic mass is 10.5. The molecule has 0 radical (unpaired) electrons. The number of hydrogen-bond donors (Lipinski definition) is 0. The topological polar surface area (TPSA) is 61.6 Å². The van der Waals surface area contributed by atoms with E-state index in [4.69, 9.17) is 13.5 Å². The maximum atomic E-state index is 12.2. The minimum absolute atomic E-state index is 0.165. The van der Waals surface area contributed by atoms with E-state index in [-0.39, 0.29) is 6.16 Å². The van der Waals surface area contributed by atoms with Crippen molar-refractivity contribution in [3.63, 3.8) is 0 Å². The zero-order valence-corrected chi connectivity index (χ0v) is 10.8. The van der Waals surface area contributed by atoms with Crippen LogP contribution in [0.4, 0.5) is 0 Å². The van der Waals surface area contributed by atoms with Gasteiger partial charge in [0.2, 0.25) is 0 Å². The van der Waals surface area contributed by atoms with E-state index in [1.54, 1.807) is 13.8 Å². The summed E-state index contributed by atoms with van der Waals surface area (Å²) in [5.41, 5.74) is 0.613. The molecule has 1 aromatic rings. The van der Waals surface area contributed by atoms with E-state index in [0.717, 1.165) is 0 Å². The van der Waals surface area contributed by atoms with Gasteiger partial charge in [-0.3, -0.25) is 4.57 Å². The molecule has 0 atom stereocenters. The average Bonchev–Trinajstić information content (AvgIpc) is 2.65. The van der Waals surface area contributed by atoms with Crippen molar-refractivity contribution in [3.8, 4) is 0 Å². The number of rotatable bonds is 7. The Morgan fingerprint density at radius 1 is 1.31 bits per heavy atom. The van der Waals surface area contributed by atoms with Crippen LogP contribution in [0, 0.1) is 0 Å². The molecule has 1 heterocycles. The molecule has 0 saturated carbocycles. The van der Waals surface area contributed by atoms with E-state index < -0.39 is 7.60 Å². The maximum Gasteiger partial charge on any atom is 0.336 e. The lowest BCUT2D eigenvalue weighted by Crippen LogP contribution is -1.99. The number of nitrogens with zero attached hydrogens (tertiary/aromatic N) is 1. The van der Waals surface area contributed by atoms with Crippen LogP contribution in [0.2, 0.25) is 0 Å². The SMILES string of the molecule is CCOP(=O)(Cc1coc(CC)n1)OCC. The number of aryl methyl sites for hydroxylation is 1.